The number of halogens is 4. The van der Waals surface area contributed by atoms with E-state index < -0.39 is 22.9 Å². The van der Waals surface area contributed by atoms with Crippen LogP contribution in [-0.2, 0) is 6.18 Å². The Morgan fingerprint density at radius 3 is 2.50 bits per heavy atom. The molecule has 1 aliphatic rings. The van der Waals surface area contributed by atoms with Crippen molar-refractivity contribution < 1.29 is 18.3 Å². The van der Waals surface area contributed by atoms with Gasteiger partial charge >= 0.3 is 6.18 Å². The summed E-state index contributed by atoms with van der Waals surface area (Å²) >= 11 is 3.20. The van der Waals surface area contributed by atoms with Gasteiger partial charge in [-0.05, 0) is 43.5 Å². The Kier molecular flexibility index (Phi) is 4.54. The van der Waals surface area contributed by atoms with Gasteiger partial charge in [-0.1, -0.05) is 15.9 Å². The van der Waals surface area contributed by atoms with Gasteiger partial charge in [-0.3, -0.25) is 0 Å². The molecule has 0 spiro atoms. The van der Waals surface area contributed by atoms with Gasteiger partial charge in [0.15, 0.2) is 0 Å². The predicted octanol–water partition coefficient (Wildman–Crippen LogP) is 4.18. The monoisotopic (exact) mass is 374 g/mol. The average Bonchev–Trinajstić information content (AvgIpc) is 3.27. The molecule has 1 saturated carbocycles. The number of hydrogen-bond acceptors (Lipinski definition) is 3. The molecule has 7 heteroatoms. The summed E-state index contributed by atoms with van der Waals surface area (Å²) in [6.07, 6.45) is -2.98. The number of aliphatic hydroxyl groups is 1. The largest absolute Gasteiger partial charge is 0.417 e. The van der Waals surface area contributed by atoms with E-state index in [0.717, 1.165) is 30.5 Å². The minimum Gasteiger partial charge on any atom is -0.383 e. The summed E-state index contributed by atoms with van der Waals surface area (Å²) in [5, 5.41) is 22.3. The Bertz CT molecular complexity index is 654. The van der Waals surface area contributed by atoms with Crippen LogP contribution in [0.1, 0.15) is 30.9 Å². The summed E-state index contributed by atoms with van der Waals surface area (Å²) in [5.41, 5.74) is -0.908. The fourth-order valence-electron chi connectivity index (χ4n) is 2.08. The summed E-state index contributed by atoms with van der Waals surface area (Å²) in [6.45, 7) is 1.59. The maximum Gasteiger partial charge on any atom is 0.417 e. The van der Waals surface area contributed by atoms with E-state index in [1.807, 2.05) is 0 Å². The number of nitrogens with zero attached hydrogens (tertiary/aromatic N) is 1. The lowest BCUT2D eigenvalue weighted by atomic mass is 10.0. The molecule has 2 rings (SSSR count). The fraction of sp³-hybridized carbons (Fsp3) is 0.400. The van der Waals surface area contributed by atoms with E-state index in [-0.39, 0.29) is 11.0 Å². The number of nitrogens with one attached hydrogen (secondary N) is 1. The van der Waals surface area contributed by atoms with Crippen LogP contribution in [0.2, 0.25) is 0 Å². The van der Waals surface area contributed by atoms with Crippen molar-refractivity contribution in [1.29, 1.82) is 5.26 Å². The molecule has 1 aliphatic carbocycles. The van der Waals surface area contributed by atoms with Gasteiger partial charge < -0.3 is 10.4 Å². The maximum absolute atomic E-state index is 13.0. The molecular formula is C15H14BrF3N2O. The molecule has 0 bridgehead atoms. The zero-order valence-electron chi connectivity index (χ0n) is 11.8. The molecule has 1 aromatic carbocycles. The lowest BCUT2D eigenvalue weighted by molar-refractivity contribution is -0.137. The fourth-order valence-corrected chi connectivity index (χ4v) is 2.36. The highest BCUT2D eigenvalue weighted by molar-refractivity contribution is 9.09. The van der Waals surface area contributed by atoms with Crippen LogP contribution in [0.15, 0.2) is 29.5 Å². The first-order chi connectivity index (χ1) is 10.2. The zero-order valence-corrected chi connectivity index (χ0v) is 13.3. The Morgan fingerprint density at radius 1 is 1.41 bits per heavy atom. The number of alkyl halides is 4. The minimum atomic E-state index is -4.60. The van der Waals surface area contributed by atoms with Gasteiger partial charge in [0.05, 0.1) is 17.2 Å². The molecule has 2 N–H and O–H groups in total. The molecule has 0 radical (unpaired) electrons. The summed E-state index contributed by atoms with van der Waals surface area (Å²) < 4.78 is 38.9. The van der Waals surface area contributed by atoms with E-state index >= 15 is 0 Å². The van der Waals surface area contributed by atoms with Gasteiger partial charge in [-0.15, -0.1) is 0 Å². The molecule has 22 heavy (non-hydrogen) atoms. The molecule has 118 valence electrons. The normalized spacial score (nSPS) is 16.7. The maximum atomic E-state index is 13.0. The molecule has 1 fully saturated rings. The lowest BCUT2D eigenvalue weighted by Crippen LogP contribution is -2.33. The van der Waals surface area contributed by atoms with Crippen molar-refractivity contribution in [2.75, 3.05) is 10.6 Å². The van der Waals surface area contributed by atoms with Gasteiger partial charge in [-0.2, -0.15) is 18.4 Å². The Morgan fingerprint density at radius 2 is 2.05 bits per heavy atom. The summed E-state index contributed by atoms with van der Waals surface area (Å²) in [5.74, 6) is 0. The molecule has 3 nitrogen and oxygen atoms in total. The van der Waals surface area contributed by atoms with Crippen LogP contribution >= 0.6 is 15.9 Å². The standard InChI is InChI=1S/C15H14BrF3N2O/c1-14(22,8-16)13(9-2-3-9)21-11-5-4-10(7-20)12(6-11)15(17,18)19/h4-6,21-22H,2-3,8H2,1H3/t14-/m0/s1. The Hall–Kier alpha value is -1.52. The number of anilines is 1. The SMILES string of the molecule is C[C@](O)(CBr)C(Nc1ccc(C#N)c(C(F)(F)F)c1)=C1CC1. The van der Waals surface area contributed by atoms with E-state index in [1.54, 1.807) is 13.0 Å². The van der Waals surface area contributed by atoms with Crippen molar-refractivity contribution in [3.63, 3.8) is 0 Å². The average molecular weight is 375 g/mol. The van der Waals surface area contributed by atoms with E-state index in [0.29, 0.717) is 5.70 Å². The van der Waals surface area contributed by atoms with E-state index in [2.05, 4.69) is 21.2 Å². The van der Waals surface area contributed by atoms with Crippen LogP contribution in [0.3, 0.4) is 0 Å². The van der Waals surface area contributed by atoms with Crippen LogP contribution in [0, 0.1) is 11.3 Å². The smallest absolute Gasteiger partial charge is 0.383 e. The summed E-state index contributed by atoms with van der Waals surface area (Å²) in [7, 11) is 0. The molecule has 1 aromatic rings. The van der Waals surface area contributed by atoms with Gasteiger partial charge in [0, 0.05) is 16.7 Å². The van der Waals surface area contributed by atoms with Gasteiger partial charge in [0.1, 0.15) is 5.60 Å². The van der Waals surface area contributed by atoms with Crippen LogP contribution in [-0.4, -0.2) is 16.0 Å². The Labute approximate surface area is 134 Å². The van der Waals surface area contributed by atoms with Crippen molar-refractivity contribution in [3.05, 3.63) is 40.6 Å². The van der Waals surface area contributed by atoms with Crippen LogP contribution in [0.4, 0.5) is 18.9 Å². The predicted molar refractivity (Wildman–Crippen MR) is 80.5 cm³/mol. The molecule has 0 saturated heterocycles. The van der Waals surface area contributed by atoms with E-state index in [4.69, 9.17) is 5.26 Å². The van der Waals surface area contributed by atoms with E-state index in [9.17, 15) is 18.3 Å². The van der Waals surface area contributed by atoms with Gasteiger partial charge in [-0.25, -0.2) is 0 Å². The van der Waals surface area contributed by atoms with E-state index in [1.165, 1.54) is 6.07 Å². The van der Waals surface area contributed by atoms with Crippen LogP contribution in [0.25, 0.3) is 0 Å². The number of allylic oxidation sites excluding steroid dienone is 1. The molecule has 0 amide bonds. The van der Waals surface area contributed by atoms with Crippen LogP contribution < -0.4 is 5.32 Å². The second-order valence-electron chi connectivity index (χ2n) is 5.38. The Balaban J connectivity index is 2.39. The second kappa shape index (κ2) is 5.94. The number of rotatable bonds is 4. The third kappa shape index (κ3) is 3.62. The molecular weight excluding hydrogens is 361 g/mol. The third-order valence-electron chi connectivity index (χ3n) is 3.37. The molecule has 0 aromatic heterocycles. The van der Waals surface area contributed by atoms with Crippen molar-refractivity contribution in [2.24, 2.45) is 0 Å². The molecule has 1 atom stereocenters. The summed E-state index contributed by atoms with van der Waals surface area (Å²) in [4.78, 5) is 0. The topological polar surface area (TPSA) is 56.0 Å². The quantitative estimate of drug-likeness (QED) is 0.777. The second-order valence-corrected chi connectivity index (χ2v) is 5.94. The number of benzene rings is 1. The first-order valence-corrected chi connectivity index (χ1v) is 7.70. The third-order valence-corrected chi connectivity index (χ3v) is 4.46. The molecule has 0 heterocycles. The molecule has 0 aliphatic heterocycles. The lowest BCUT2D eigenvalue weighted by Gasteiger charge is -2.26. The first kappa shape index (κ1) is 16.8. The number of hydrogen-bond donors (Lipinski definition) is 2. The highest BCUT2D eigenvalue weighted by atomic mass is 79.9. The first-order valence-electron chi connectivity index (χ1n) is 6.58. The zero-order chi connectivity index (χ0) is 16.5. The summed E-state index contributed by atoms with van der Waals surface area (Å²) in [6, 6.07) is 4.97. The highest BCUT2D eigenvalue weighted by Gasteiger charge is 2.35. The van der Waals surface area contributed by atoms with Crippen molar-refractivity contribution >= 4 is 21.6 Å². The van der Waals surface area contributed by atoms with Gasteiger partial charge in [0.2, 0.25) is 0 Å². The minimum absolute atomic E-state index is 0.196. The van der Waals surface area contributed by atoms with Crippen molar-refractivity contribution in [1.82, 2.24) is 0 Å². The number of nitriles is 1. The highest BCUT2D eigenvalue weighted by Crippen LogP contribution is 2.39. The molecule has 0 unspecified atom stereocenters. The van der Waals surface area contributed by atoms with Gasteiger partial charge in [0.25, 0.3) is 0 Å². The van der Waals surface area contributed by atoms with Crippen molar-refractivity contribution in [2.45, 2.75) is 31.5 Å². The van der Waals surface area contributed by atoms with Crippen molar-refractivity contribution in [3.8, 4) is 6.07 Å². The van der Waals surface area contributed by atoms with Crippen LogP contribution in [0.5, 0.6) is 0 Å².